The standard InChI is InChI=1S/C8H11F6N2O4S2/c1-21(17,18)7(11,12)6(9,10)8(13,14)22(19,20)16-4-2-15-3-5-16/h15H,1-5H2/q-1. The number of halogens is 6. The lowest BCUT2D eigenvalue weighted by Crippen LogP contribution is -2.64. The van der Waals surface area contributed by atoms with Crippen molar-refractivity contribution in [3.05, 3.63) is 6.26 Å². The van der Waals surface area contributed by atoms with Crippen LogP contribution in [0.3, 0.4) is 0 Å². The van der Waals surface area contributed by atoms with Gasteiger partial charge in [0.1, 0.15) is 0 Å². The van der Waals surface area contributed by atoms with Gasteiger partial charge in [0.05, 0.1) is 9.84 Å². The summed E-state index contributed by atoms with van der Waals surface area (Å²) in [6.07, 6.45) is 1.71. The number of rotatable bonds is 5. The topological polar surface area (TPSA) is 83.5 Å². The first kappa shape index (κ1) is 19.4. The maximum atomic E-state index is 13.6. The number of alkyl halides is 6. The van der Waals surface area contributed by atoms with Crippen LogP contribution in [0.1, 0.15) is 0 Å². The summed E-state index contributed by atoms with van der Waals surface area (Å²) in [6.45, 7) is -1.64. The van der Waals surface area contributed by atoms with Crippen molar-refractivity contribution in [2.24, 2.45) is 0 Å². The van der Waals surface area contributed by atoms with E-state index < -0.39 is 49.4 Å². The highest BCUT2D eigenvalue weighted by Crippen LogP contribution is 2.51. The zero-order valence-corrected chi connectivity index (χ0v) is 12.3. The highest BCUT2D eigenvalue weighted by molar-refractivity contribution is 7.94. The van der Waals surface area contributed by atoms with Crippen LogP contribution in [0, 0.1) is 6.26 Å². The Kier molecular flexibility index (Phi) is 4.85. The second-order valence-electron chi connectivity index (χ2n) is 4.38. The molecule has 0 amide bonds. The summed E-state index contributed by atoms with van der Waals surface area (Å²) in [5.74, 6) is -6.70. The lowest BCUT2D eigenvalue weighted by atomic mass is 10.3. The van der Waals surface area contributed by atoms with Crippen molar-refractivity contribution in [2.75, 3.05) is 26.2 Å². The van der Waals surface area contributed by atoms with Gasteiger partial charge in [-0.3, -0.25) is 8.42 Å². The van der Waals surface area contributed by atoms with Crippen LogP contribution in [0.5, 0.6) is 0 Å². The molecule has 6 nitrogen and oxygen atoms in total. The summed E-state index contributed by atoms with van der Waals surface area (Å²) in [7, 11) is -12.5. The first-order chi connectivity index (χ1) is 9.61. The van der Waals surface area contributed by atoms with Crippen LogP contribution in [-0.2, 0) is 19.9 Å². The third-order valence-corrected chi connectivity index (χ3v) is 5.85. The molecule has 0 radical (unpaired) electrons. The van der Waals surface area contributed by atoms with Crippen molar-refractivity contribution in [3.8, 4) is 0 Å². The Morgan fingerprint density at radius 1 is 0.864 bits per heavy atom. The molecule has 0 aromatic heterocycles. The zero-order valence-electron chi connectivity index (χ0n) is 10.7. The van der Waals surface area contributed by atoms with Gasteiger partial charge in [-0.05, 0) is 0 Å². The minimum absolute atomic E-state index is 0.108. The van der Waals surface area contributed by atoms with Gasteiger partial charge in [-0.15, -0.1) is 0 Å². The van der Waals surface area contributed by atoms with Crippen molar-refractivity contribution >= 4 is 19.9 Å². The number of sulfone groups is 1. The van der Waals surface area contributed by atoms with Gasteiger partial charge >= 0.3 is 16.4 Å². The zero-order chi connectivity index (χ0) is 17.6. The minimum Gasteiger partial charge on any atom is -0.314 e. The fraction of sp³-hybridized carbons (Fsp3) is 0.875. The quantitative estimate of drug-likeness (QED) is 0.549. The van der Waals surface area contributed by atoms with Gasteiger partial charge in [0.15, 0.2) is 0 Å². The highest BCUT2D eigenvalue weighted by atomic mass is 32.2. The van der Waals surface area contributed by atoms with Gasteiger partial charge in [-0.1, -0.05) is 0 Å². The Morgan fingerprint density at radius 2 is 1.27 bits per heavy atom. The van der Waals surface area contributed by atoms with E-state index in [0.717, 1.165) is 0 Å². The van der Waals surface area contributed by atoms with Crippen molar-refractivity contribution in [1.82, 2.24) is 9.62 Å². The number of sulfonamides is 1. The molecule has 0 aromatic rings. The average Bonchev–Trinajstić information content (AvgIpc) is 2.37. The average molecular weight is 377 g/mol. The van der Waals surface area contributed by atoms with Gasteiger partial charge in [0.2, 0.25) is 0 Å². The minimum atomic E-state index is -6.70. The van der Waals surface area contributed by atoms with Crippen LogP contribution in [0.25, 0.3) is 0 Å². The molecule has 22 heavy (non-hydrogen) atoms. The third-order valence-electron chi connectivity index (χ3n) is 2.86. The van der Waals surface area contributed by atoms with Gasteiger partial charge in [0, 0.05) is 26.2 Å². The molecular weight excluding hydrogens is 366 g/mol. The van der Waals surface area contributed by atoms with Crippen LogP contribution >= 0.6 is 0 Å². The normalized spacial score (nSPS) is 20.1. The number of piperazine rings is 1. The van der Waals surface area contributed by atoms with Crippen LogP contribution in [0.15, 0.2) is 0 Å². The molecule has 1 saturated heterocycles. The number of hydrogen-bond donors (Lipinski definition) is 1. The SMILES string of the molecule is [CH2-]S(=O)(=O)C(F)(F)C(F)(F)C(F)(F)S(=O)(=O)N1CCNCC1. The molecule has 1 N–H and O–H groups in total. The molecule has 1 heterocycles. The maximum Gasteiger partial charge on any atom is 0.428 e. The second kappa shape index (κ2) is 5.49. The Morgan fingerprint density at radius 3 is 1.64 bits per heavy atom. The molecule has 1 aliphatic rings. The summed E-state index contributed by atoms with van der Waals surface area (Å²) in [5.41, 5.74) is 0. The van der Waals surface area contributed by atoms with Crippen LogP contribution in [0.4, 0.5) is 26.3 Å². The fourth-order valence-electron chi connectivity index (χ4n) is 1.57. The number of nitrogens with zero attached hydrogens (tertiary/aromatic N) is 1. The van der Waals surface area contributed by atoms with E-state index in [9.17, 15) is 43.2 Å². The summed E-state index contributed by atoms with van der Waals surface area (Å²) in [6, 6.07) is 0. The largest absolute Gasteiger partial charge is 0.428 e. The monoisotopic (exact) mass is 377 g/mol. The van der Waals surface area contributed by atoms with E-state index >= 15 is 0 Å². The first-order valence-corrected chi connectivity index (χ1v) is 8.61. The number of nitrogens with one attached hydrogen (secondary N) is 1. The van der Waals surface area contributed by atoms with E-state index in [4.69, 9.17) is 0 Å². The van der Waals surface area contributed by atoms with Crippen LogP contribution in [0.2, 0.25) is 0 Å². The molecule has 0 bridgehead atoms. The smallest absolute Gasteiger partial charge is 0.314 e. The molecule has 0 unspecified atom stereocenters. The molecule has 0 aliphatic carbocycles. The predicted molar refractivity (Wildman–Crippen MR) is 62.5 cm³/mol. The molecular formula is C8H11F6N2O4S2-. The fourth-order valence-corrected chi connectivity index (χ4v) is 3.60. The first-order valence-electron chi connectivity index (χ1n) is 5.52. The van der Waals surface area contributed by atoms with E-state index in [1.165, 1.54) is 0 Å². The van der Waals surface area contributed by atoms with E-state index in [1.54, 1.807) is 6.26 Å². The molecule has 14 heteroatoms. The molecule has 1 rings (SSSR count). The lowest BCUT2D eigenvalue weighted by molar-refractivity contribution is -0.244. The summed E-state index contributed by atoms with van der Waals surface area (Å²) >= 11 is 0. The third kappa shape index (κ3) is 2.69. The van der Waals surface area contributed by atoms with Crippen molar-refractivity contribution < 1.29 is 43.2 Å². The Balaban J connectivity index is 3.37. The molecule has 0 aromatic carbocycles. The van der Waals surface area contributed by atoms with Crippen molar-refractivity contribution in [3.63, 3.8) is 0 Å². The van der Waals surface area contributed by atoms with Gasteiger partial charge < -0.3 is 5.32 Å². The van der Waals surface area contributed by atoms with E-state index in [0.29, 0.717) is 0 Å². The van der Waals surface area contributed by atoms with Crippen LogP contribution in [-0.4, -0.2) is 63.8 Å². The molecule has 0 atom stereocenters. The Bertz CT molecular complexity index is 627. The van der Waals surface area contributed by atoms with E-state index in [-0.39, 0.29) is 17.4 Å². The van der Waals surface area contributed by atoms with Crippen LogP contribution < -0.4 is 5.32 Å². The van der Waals surface area contributed by atoms with E-state index in [1.807, 2.05) is 0 Å². The molecule has 0 saturated carbocycles. The Hall–Kier alpha value is -0.600. The van der Waals surface area contributed by atoms with E-state index in [2.05, 4.69) is 5.32 Å². The van der Waals surface area contributed by atoms with Crippen molar-refractivity contribution in [2.45, 2.75) is 16.4 Å². The van der Waals surface area contributed by atoms with Crippen molar-refractivity contribution in [1.29, 1.82) is 0 Å². The number of hydrogen-bond acceptors (Lipinski definition) is 5. The molecule has 132 valence electrons. The highest BCUT2D eigenvalue weighted by Gasteiger charge is 2.80. The summed E-state index contributed by atoms with van der Waals surface area (Å²) < 4.78 is 124. The summed E-state index contributed by atoms with van der Waals surface area (Å²) in [4.78, 5) is 0. The Labute approximate surface area is 122 Å². The lowest BCUT2D eigenvalue weighted by Gasteiger charge is -2.36. The predicted octanol–water partition coefficient (Wildman–Crippen LogP) is 0.249. The molecule has 0 spiro atoms. The summed E-state index contributed by atoms with van der Waals surface area (Å²) in [5, 5.41) is -10.2. The van der Waals surface area contributed by atoms with Gasteiger partial charge in [0.25, 0.3) is 10.0 Å². The maximum absolute atomic E-state index is 13.6. The molecule has 1 fully saturated rings. The second-order valence-corrected chi connectivity index (χ2v) is 8.10. The van der Waals surface area contributed by atoms with Gasteiger partial charge in [-0.2, -0.15) is 30.6 Å². The van der Waals surface area contributed by atoms with Gasteiger partial charge in [-0.25, -0.2) is 14.7 Å². The molecule has 1 aliphatic heterocycles.